The number of carbonyl (C=O) groups excluding carboxylic acids is 1. The molecule has 0 aliphatic rings. The van der Waals surface area contributed by atoms with Gasteiger partial charge in [0.15, 0.2) is 6.04 Å². The molecule has 0 saturated heterocycles. The molecule has 0 saturated carbocycles. The standard InChI is InChI=1S/C12H13ClN2O3.C8H5ClFN.C4H9NO3.CH2O3.2K.H/c1-6-8(4-5-9(14-3)10(6)13)15-11(7(2)16)12(17)18;1-5-6(10)3-4-7(11-2)8(5)9;1-2(6)3(5)4(7)8;2-1-4-3;;;/h4-5,7,11,15-16H,1-2H3,(H,17,18);3-4H,1H3;2-3,6H,5H2,1H3,(H,7,8);1,3H;;;/q;;;;2*+1;-1/p-1/t7-,11+;;2-,3+;;;;/m0.0..../s1. The van der Waals surface area contributed by atoms with Crippen molar-refractivity contribution in [1.82, 2.24) is 0 Å². The van der Waals surface area contributed by atoms with Gasteiger partial charge in [-0.1, -0.05) is 35.3 Å². The van der Waals surface area contributed by atoms with Crippen LogP contribution in [-0.2, 0) is 19.3 Å². The van der Waals surface area contributed by atoms with Crippen molar-refractivity contribution < 1.29 is 154 Å². The molecule has 2 rings (SSSR count). The average Bonchev–Trinajstić information content (AvgIpc) is 2.92. The molecule has 4 atom stereocenters. The Bertz CT molecular complexity index is 1280. The first-order chi connectivity index (χ1) is 19.0. The van der Waals surface area contributed by atoms with Gasteiger partial charge < -0.3 is 43.0 Å². The van der Waals surface area contributed by atoms with Gasteiger partial charge in [-0.2, -0.15) is 0 Å². The van der Waals surface area contributed by atoms with Crippen molar-refractivity contribution in [3.05, 3.63) is 74.1 Å². The summed E-state index contributed by atoms with van der Waals surface area (Å²) >= 11 is 11.6. The Labute approximate surface area is 344 Å². The zero-order chi connectivity index (χ0) is 32.4. The van der Waals surface area contributed by atoms with E-state index in [4.69, 9.17) is 67.5 Å². The number of carboxylic acids is 2. The van der Waals surface area contributed by atoms with Gasteiger partial charge in [0, 0.05) is 5.69 Å². The normalized spacial score (nSPS) is 11.7. The number of carboxylic acid groups (broad SMARTS) is 2. The number of halogens is 3. The molecule has 0 amide bonds. The molecule has 0 heterocycles. The Balaban J connectivity index is -0.000000168. The molecular formula is C25H29Cl2FK2N4O9. The van der Waals surface area contributed by atoms with Crippen LogP contribution in [0.15, 0.2) is 24.3 Å². The Morgan fingerprint density at radius 2 is 1.42 bits per heavy atom. The Kier molecular flexibility index (Phi) is 30.2. The quantitative estimate of drug-likeness (QED) is 0.0569. The van der Waals surface area contributed by atoms with E-state index in [1.54, 1.807) is 19.9 Å². The minimum atomic E-state index is -1.18. The van der Waals surface area contributed by atoms with Crippen LogP contribution >= 0.6 is 23.2 Å². The number of hydrogen-bond acceptors (Lipinski definition) is 9. The first-order valence-corrected chi connectivity index (χ1v) is 11.8. The van der Waals surface area contributed by atoms with Gasteiger partial charge in [-0.15, -0.1) is 0 Å². The number of aliphatic carboxylic acids is 2. The largest absolute Gasteiger partial charge is 1.00 e. The van der Waals surface area contributed by atoms with Crippen LogP contribution in [0.4, 0.5) is 21.5 Å². The predicted molar refractivity (Wildman–Crippen MR) is 147 cm³/mol. The Morgan fingerprint density at radius 1 is 1.00 bits per heavy atom. The molecular weight excluding hydrogens is 668 g/mol. The minimum absolute atomic E-state index is 0. The molecule has 43 heavy (non-hydrogen) atoms. The Morgan fingerprint density at radius 3 is 1.72 bits per heavy atom. The van der Waals surface area contributed by atoms with Gasteiger partial charge in [-0.25, -0.2) is 18.9 Å². The number of aliphatic hydroxyl groups is 2. The fraction of sp³-hybridized carbons (Fsp3) is 0.320. The number of nitrogens with one attached hydrogen (secondary N) is 1. The molecule has 0 aliphatic heterocycles. The monoisotopic (exact) mass is 696 g/mol. The topological polar surface area (TPSA) is 211 Å². The SMILES string of the molecule is C[C@H](O)[C@@H](N)C(=O)O.O=CO[O-].[C-]#[N+]c1ccc(F)c(C)c1Cl.[C-]#[N+]c1ccc(N[C@@H](C(=O)O)[C@H](C)O)c(C)c1Cl.[H-].[K+].[K+]. The number of nitrogens with zero attached hydrogens (tertiary/aromatic N) is 2. The van der Waals surface area contributed by atoms with E-state index >= 15 is 0 Å². The van der Waals surface area contributed by atoms with Crippen LogP contribution in [0, 0.1) is 32.8 Å². The summed E-state index contributed by atoms with van der Waals surface area (Å²) < 4.78 is 12.7. The number of anilines is 1. The third-order valence-electron chi connectivity index (χ3n) is 4.81. The van der Waals surface area contributed by atoms with Crippen LogP contribution in [0.3, 0.4) is 0 Å². The van der Waals surface area contributed by atoms with Crippen molar-refractivity contribution in [3.8, 4) is 0 Å². The maximum Gasteiger partial charge on any atom is 1.00 e. The maximum absolute atomic E-state index is 12.7. The summed E-state index contributed by atoms with van der Waals surface area (Å²) in [6, 6.07) is 3.42. The van der Waals surface area contributed by atoms with Crippen molar-refractivity contribution >= 4 is 58.7 Å². The summed E-state index contributed by atoms with van der Waals surface area (Å²) in [6.07, 6.45) is -2.03. The number of hydrogen-bond donors (Lipinski definition) is 6. The van der Waals surface area contributed by atoms with Crippen LogP contribution in [0.25, 0.3) is 9.69 Å². The van der Waals surface area contributed by atoms with E-state index in [2.05, 4.69) is 19.9 Å². The molecule has 226 valence electrons. The first-order valence-electron chi connectivity index (χ1n) is 11.1. The van der Waals surface area contributed by atoms with Crippen molar-refractivity contribution in [2.24, 2.45) is 5.73 Å². The molecule has 0 bridgehead atoms. The van der Waals surface area contributed by atoms with E-state index in [0.29, 0.717) is 28.2 Å². The third-order valence-corrected chi connectivity index (χ3v) is 5.76. The van der Waals surface area contributed by atoms with Crippen molar-refractivity contribution in [1.29, 1.82) is 0 Å². The van der Waals surface area contributed by atoms with Gasteiger partial charge >= 0.3 is 115 Å². The molecule has 0 aromatic heterocycles. The maximum atomic E-state index is 12.7. The summed E-state index contributed by atoms with van der Waals surface area (Å²) in [5.41, 5.74) is 6.92. The van der Waals surface area contributed by atoms with Crippen molar-refractivity contribution in [3.63, 3.8) is 0 Å². The average molecular weight is 698 g/mol. The number of aliphatic hydroxyl groups excluding tert-OH is 2. The number of nitrogens with two attached hydrogens (primary N) is 1. The van der Waals surface area contributed by atoms with Gasteiger partial charge in [0.1, 0.15) is 11.9 Å². The molecule has 0 unspecified atom stereocenters. The molecule has 0 spiro atoms. The molecule has 13 nitrogen and oxygen atoms in total. The molecule has 7 N–H and O–H groups in total. The van der Waals surface area contributed by atoms with E-state index in [1.165, 1.54) is 32.0 Å². The second kappa shape index (κ2) is 26.5. The van der Waals surface area contributed by atoms with Crippen LogP contribution in [0.2, 0.25) is 10.0 Å². The molecule has 0 aliphatic carbocycles. The van der Waals surface area contributed by atoms with Gasteiger partial charge in [-0.3, -0.25) is 9.59 Å². The smallest absolute Gasteiger partial charge is 1.00 e. The number of benzene rings is 2. The van der Waals surface area contributed by atoms with E-state index in [9.17, 15) is 19.1 Å². The molecule has 2 aromatic rings. The van der Waals surface area contributed by atoms with Crippen molar-refractivity contribution in [2.75, 3.05) is 5.32 Å². The van der Waals surface area contributed by atoms with Crippen LogP contribution < -0.4 is 119 Å². The van der Waals surface area contributed by atoms with Gasteiger partial charge in [0.05, 0.1) is 35.4 Å². The fourth-order valence-corrected chi connectivity index (χ4v) is 2.81. The summed E-state index contributed by atoms with van der Waals surface area (Å²) in [5, 5.41) is 46.5. The number of carbonyl (C=O) groups is 3. The minimum Gasteiger partial charge on any atom is -1.00 e. The summed E-state index contributed by atoms with van der Waals surface area (Å²) in [5.74, 6) is -2.71. The second-order valence-corrected chi connectivity index (χ2v) is 8.55. The molecule has 0 radical (unpaired) electrons. The predicted octanol–water partition coefficient (Wildman–Crippen LogP) is -2.88. The number of rotatable bonds is 7. The zero-order valence-electron chi connectivity index (χ0n) is 25.1. The van der Waals surface area contributed by atoms with Gasteiger partial charge in [0.25, 0.3) is 6.47 Å². The van der Waals surface area contributed by atoms with Gasteiger partial charge in [0.2, 0.25) is 11.4 Å². The van der Waals surface area contributed by atoms with E-state index in [0.717, 1.165) is 0 Å². The summed E-state index contributed by atoms with van der Waals surface area (Å²) in [6.45, 7) is 19.4. The van der Waals surface area contributed by atoms with E-state index in [-0.39, 0.29) is 127 Å². The third kappa shape index (κ3) is 18.7. The summed E-state index contributed by atoms with van der Waals surface area (Å²) in [4.78, 5) is 38.4. The van der Waals surface area contributed by atoms with E-state index < -0.39 is 36.2 Å². The summed E-state index contributed by atoms with van der Waals surface area (Å²) in [7, 11) is 0. The van der Waals surface area contributed by atoms with Crippen LogP contribution in [0.5, 0.6) is 0 Å². The zero-order valence-corrected chi connectivity index (χ0v) is 31.9. The van der Waals surface area contributed by atoms with Gasteiger partial charge in [-0.05, 0) is 51.0 Å². The molecule has 2 aromatic carbocycles. The van der Waals surface area contributed by atoms with Crippen LogP contribution in [0.1, 0.15) is 26.4 Å². The molecule has 18 heteroatoms. The fourth-order valence-electron chi connectivity index (χ4n) is 2.41. The molecule has 0 fully saturated rings. The first kappa shape index (κ1) is 49.1. The van der Waals surface area contributed by atoms with E-state index in [1.807, 2.05) is 0 Å². The van der Waals surface area contributed by atoms with Crippen molar-refractivity contribution in [2.45, 2.75) is 52.0 Å². The van der Waals surface area contributed by atoms with Crippen LogP contribution in [-0.4, -0.2) is 63.1 Å². The second-order valence-electron chi connectivity index (χ2n) is 7.80. The Hall–Kier alpha value is -0.747.